The fourth-order valence-corrected chi connectivity index (χ4v) is 4.81. The second-order valence-electron chi connectivity index (χ2n) is 11.5. The number of carbonyl (C=O) groups excluding carboxylic acids is 2. The standard InChI is InChI=1S/C31H36N8O4/c1-18(2)42-30(41)39-13-7-8-26(39)28-35-15-23(37-28)21-11-9-20(10-12-21)22-14-33-24(16-32-22)25-17-34-27(38-25)19(3)36-29(40)43-31(4,5)6/h9-12,14-17,19,26H,1,7-8,13H2,2-6H3,(H,34,38)(H,35,37)(H,36,40)/t19-,26-/m0/s1. The Labute approximate surface area is 250 Å². The lowest BCUT2D eigenvalue weighted by atomic mass is 10.1. The third kappa shape index (κ3) is 7.08. The van der Waals surface area contributed by atoms with E-state index in [0.717, 1.165) is 41.2 Å². The first-order valence-corrected chi connectivity index (χ1v) is 14.1. The molecule has 0 aliphatic carbocycles. The number of aromatic nitrogens is 6. The maximum absolute atomic E-state index is 12.5. The zero-order valence-electron chi connectivity index (χ0n) is 25.0. The van der Waals surface area contributed by atoms with Crippen LogP contribution < -0.4 is 5.32 Å². The highest BCUT2D eigenvalue weighted by Gasteiger charge is 2.33. The first-order chi connectivity index (χ1) is 20.5. The lowest BCUT2D eigenvalue weighted by Gasteiger charge is -2.22. The molecule has 1 aromatic carbocycles. The van der Waals surface area contributed by atoms with Crippen molar-refractivity contribution in [2.24, 2.45) is 0 Å². The molecule has 4 heterocycles. The van der Waals surface area contributed by atoms with Crippen LogP contribution in [0.3, 0.4) is 0 Å². The van der Waals surface area contributed by atoms with Crippen molar-refractivity contribution in [3.63, 3.8) is 0 Å². The molecule has 0 bridgehead atoms. The lowest BCUT2D eigenvalue weighted by Crippen LogP contribution is -2.34. The molecule has 0 spiro atoms. The van der Waals surface area contributed by atoms with Gasteiger partial charge >= 0.3 is 12.2 Å². The van der Waals surface area contributed by atoms with E-state index >= 15 is 0 Å². The first kappa shape index (κ1) is 29.5. The van der Waals surface area contributed by atoms with Crippen LogP contribution in [0.15, 0.2) is 61.4 Å². The van der Waals surface area contributed by atoms with E-state index in [2.05, 4.69) is 41.8 Å². The lowest BCUT2D eigenvalue weighted by molar-refractivity contribution is 0.0506. The third-order valence-electron chi connectivity index (χ3n) is 6.82. The van der Waals surface area contributed by atoms with Gasteiger partial charge in [0.15, 0.2) is 0 Å². The van der Waals surface area contributed by atoms with Gasteiger partial charge in [-0.15, -0.1) is 0 Å². The zero-order valence-corrected chi connectivity index (χ0v) is 25.0. The molecule has 224 valence electrons. The van der Waals surface area contributed by atoms with Crippen LogP contribution in [-0.4, -0.2) is 59.1 Å². The summed E-state index contributed by atoms with van der Waals surface area (Å²) in [6.45, 7) is 13.2. The minimum Gasteiger partial charge on any atom is -0.444 e. The molecule has 0 radical (unpaired) electrons. The van der Waals surface area contributed by atoms with E-state index in [1.165, 1.54) is 0 Å². The number of aromatic amines is 2. The SMILES string of the molecule is C=C(C)OC(=O)N1CCC[C@H]1c1ncc(-c2ccc(-c3cnc(-c4cnc([C@H](C)NC(=O)OC(C)(C)C)[nH]4)cn3)cc2)[nH]1. The number of nitrogens with one attached hydrogen (secondary N) is 3. The van der Waals surface area contributed by atoms with Gasteiger partial charge in [0.1, 0.15) is 22.9 Å². The number of allylic oxidation sites excluding steroid dienone is 1. The number of amides is 2. The minimum absolute atomic E-state index is 0.163. The molecule has 3 N–H and O–H groups in total. The number of hydrogen-bond donors (Lipinski definition) is 3. The van der Waals surface area contributed by atoms with Crippen molar-refractivity contribution >= 4 is 12.2 Å². The largest absolute Gasteiger partial charge is 0.444 e. The number of likely N-dealkylation sites (tertiary alicyclic amines) is 1. The Balaban J connectivity index is 1.23. The van der Waals surface area contributed by atoms with Gasteiger partial charge in [0, 0.05) is 12.1 Å². The van der Waals surface area contributed by atoms with E-state index in [0.29, 0.717) is 29.5 Å². The molecule has 43 heavy (non-hydrogen) atoms. The van der Waals surface area contributed by atoms with Crippen LogP contribution in [0.4, 0.5) is 9.59 Å². The number of carbonyl (C=O) groups is 2. The van der Waals surface area contributed by atoms with Crippen molar-refractivity contribution < 1.29 is 19.1 Å². The van der Waals surface area contributed by atoms with Crippen LogP contribution in [0.2, 0.25) is 0 Å². The van der Waals surface area contributed by atoms with Gasteiger partial charge in [0.2, 0.25) is 0 Å². The van der Waals surface area contributed by atoms with Gasteiger partial charge in [0.25, 0.3) is 0 Å². The predicted molar refractivity (Wildman–Crippen MR) is 160 cm³/mol. The molecular formula is C31H36N8O4. The molecule has 1 fully saturated rings. The summed E-state index contributed by atoms with van der Waals surface area (Å²) in [7, 11) is 0. The van der Waals surface area contributed by atoms with Gasteiger partial charge in [-0.05, 0) is 53.0 Å². The molecule has 3 aromatic heterocycles. The maximum atomic E-state index is 12.5. The van der Waals surface area contributed by atoms with Crippen LogP contribution in [0.25, 0.3) is 33.9 Å². The predicted octanol–water partition coefficient (Wildman–Crippen LogP) is 6.32. The summed E-state index contributed by atoms with van der Waals surface area (Å²) in [4.78, 5) is 50.9. The summed E-state index contributed by atoms with van der Waals surface area (Å²) in [6, 6.07) is 7.39. The van der Waals surface area contributed by atoms with Gasteiger partial charge in [-0.3, -0.25) is 14.9 Å². The van der Waals surface area contributed by atoms with E-state index in [1.807, 2.05) is 52.0 Å². The molecule has 0 saturated carbocycles. The van der Waals surface area contributed by atoms with E-state index in [9.17, 15) is 9.59 Å². The minimum atomic E-state index is -0.584. The molecule has 1 saturated heterocycles. The zero-order chi connectivity index (χ0) is 30.7. The average Bonchev–Trinajstić information content (AvgIpc) is 3.72. The second-order valence-corrected chi connectivity index (χ2v) is 11.5. The van der Waals surface area contributed by atoms with E-state index in [-0.39, 0.29) is 12.1 Å². The Morgan fingerprint density at radius 1 is 0.977 bits per heavy atom. The highest BCUT2D eigenvalue weighted by Crippen LogP contribution is 2.32. The molecule has 0 unspecified atom stereocenters. The molecule has 4 aromatic rings. The van der Waals surface area contributed by atoms with E-state index in [1.54, 1.807) is 36.6 Å². The Hall–Kier alpha value is -5.00. The summed E-state index contributed by atoms with van der Waals surface area (Å²) < 4.78 is 10.5. The summed E-state index contributed by atoms with van der Waals surface area (Å²) in [6.07, 6.45) is 7.61. The molecule has 12 nitrogen and oxygen atoms in total. The van der Waals surface area contributed by atoms with Crippen molar-refractivity contribution in [3.8, 4) is 33.9 Å². The molecule has 1 aliphatic rings. The van der Waals surface area contributed by atoms with E-state index in [4.69, 9.17) is 9.47 Å². The summed E-state index contributed by atoms with van der Waals surface area (Å²) in [5.74, 6) is 1.68. The Kier molecular flexibility index (Phi) is 8.29. The number of H-pyrrole nitrogens is 2. The number of imidazole rings is 2. The highest BCUT2D eigenvalue weighted by molar-refractivity contribution is 5.70. The van der Waals surface area contributed by atoms with Gasteiger partial charge in [-0.2, -0.15) is 0 Å². The maximum Gasteiger partial charge on any atom is 0.415 e. The summed E-state index contributed by atoms with van der Waals surface area (Å²) >= 11 is 0. The number of hydrogen-bond acceptors (Lipinski definition) is 8. The monoisotopic (exact) mass is 584 g/mol. The quantitative estimate of drug-likeness (QED) is 0.214. The Morgan fingerprint density at radius 2 is 1.65 bits per heavy atom. The van der Waals surface area contributed by atoms with Crippen molar-refractivity contribution in [1.29, 1.82) is 0 Å². The van der Waals surface area contributed by atoms with Gasteiger partial charge in [0.05, 0.1) is 59.7 Å². The van der Waals surface area contributed by atoms with Crippen molar-refractivity contribution in [2.75, 3.05) is 6.54 Å². The first-order valence-electron chi connectivity index (χ1n) is 14.1. The average molecular weight is 585 g/mol. The molecule has 2 atom stereocenters. The highest BCUT2D eigenvalue weighted by atomic mass is 16.6. The summed E-state index contributed by atoms with van der Waals surface area (Å²) in [5, 5.41) is 2.77. The number of nitrogens with zero attached hydrogens (tertiary/aromatic N) is 5. The Bertz CT molecular complexity index is 1600. The van der Waals surface area contributed by atoms with E-state index < -0.39 is 17.8 Å². The van der Waals surface area contributed by atoms with Crippen LogP contribution in [0.5, 0.6) is 0 Å². The topological polar surface area (TPSA) is 151 Å². The molecule has 1 aliphatic heterocycles. The fraction of sp³-hybridized carbons (Fsp3) is 0.355. The fourth-order valence-electron chi connectivity index (χ4n) is 4.81. The Morgan fingerprint density at radius 3 is 2.33 bits per heavy atom. The van der Waals surface area contributed by atoms with Crippen LogP contribution in [0, 0.1) is 0 Å². The molecule has 5 rings (SSSR count). The van der Waals surface area contributed by atoms with Crippen LogP contribution >= 0.6 is 0 Å². The van der Waals surface area contributed by atoms with Gasteiger partial charge in [-0.25, -0.2) is 19.6 Å². The molecule has 2 amide bonds. The van der Waals surface area contributed by atoms with Crippen LogP contribution in [0.1, 0.15) is 71.2 Å². The van der Waals surface area contributed by atoms with Gasteiger partial charge in [-0.1, -0.05) is 30.8 Å². The summed E-state index contributed by atoms with van der Waals surface area (Å²) in [5.41, 5.74) is 4.17. The normalized spacial score (nSPS) is 15.7. The number of benzene rings is 1. The number of alkyl carbamates (subject to hydrolysis) is 1. The van der Waals surface area contributed by atoms with Crippen molar-refractivity contribution in [1.82, 2.24) is 40.1 Å². The third-order valence-corrected chi connectivity index (χ3v) is 6.82. The molecule has 12 heteroatoms. The second kappa shape index (κ2) is 12.1. The number of ether oxygens (including phenoxy) is 2. The van der Waals surface area contributed by atoms with Gasteiger partial charge < -0.3 is 24.8 Å². The van der Waals surface area contributed by atoms with Crippen molar-refractivity contribution in [3.05, 3.63) is 73.0 Å². The van der Waals surface area contributed by atoms with Crippen LogP contribution in [-0.2, 0) is 9.47 Å². The van der Waals surface area contributed by atoms with Crippen molar-refractivity contribution in [2.45, 2.75) is 65.1 Å². The molecular weight excluding hydrogens is 548 g/mol. The number of rotatable bonds is 7. The smallest absolute Gasteiger partial charge is 0.415 e.